The fourth-order valence-corrected chi connectivity index (χ4v) is 4.57. The molecule has 1 aromatic carbocycles. The Bertz CT molecular complexity index is 1190. The summed E-state index contributed by atoms with van der Waals surface area (Å²) in [5.41, 5.74) is 1.91. The van der Waals surface area contributed by atoms with E-state index < -0.39 is 15.9 Å². The summed E-state index contributed by atoms with van der Waals surface area (Å²) >= 11 is 1.28. The summed E-state index contributed by atoms with van der Waals surface area (Å²) in [4.78, 5) is 30.9. The van der Waals surface area contributed by atoms with Crippen LogP contribution in [0.4, 0.5) is 10.8 Å². The number of thiazole rings is 1. The summed E-state index contributed by atoms with van der Waals surface area (Å²) in [6.07, 6.45) is 2.79. The van der Waals surface area contributed by atoms with Gasteiger partial charge in [0.2, 0.25) is 21.8 Å². The van der Waals surface area contributed by atoms with Crippen LogP contribution in [0, 0.1) is 5.92 Å². The summed E-state index contributed by atoms with van der Waals surface area (Å²) in [5, 5.41) is 5.03. The number of benzene rings is 1. The quantitative estimate of drug-likeness (QED) is 0.559. The molecule has 1 aliphatic rings. The molecule has 162 valence electrons. The number of nitrogens with one attached hydrogen (secondary N) is 2. The Hall–Kier alpha value is -3.18. The summed E-state index contributed by atoms with van der Waals surface area (Å²) in [7, 11) is -3.34. The first kappa shape index (κ1) is 21.1. The fraction of sp³-hybridized carbons (Fsp3) is 0.250. The zero-order chi connectivity index (χ0) is 22.0. The zero-order valence-electron chi connectivity index (χ0n) is 16.6. The summed E-state index contributed by atoms with van der Waals surface area (Å²) in [5.74, 6) is -0.101. The highest BCUT2D eigenvalue weighted by atomic mass is 32.2. The Morgan fingerprint density at radius 2 is 2.06 bits per heavy atom. The van der Waals surface area contributed by atoms with Crippen LogP contribution >= 0.6 is 11.3 Å². The van der Waals surface area contributed by atoms with Crippen LogP contribution < -0.4 is 10.0 Å². The molecule has 4 rings (SSSR count). The van der Waals surface area contributed by atoms with Crippen molar-refractivity contribution in [2.75, 3.05) is 22.8 Å². The minimum absolute atomic E-state index is 0.0841. The van der Waals surface area contributed by atoms with Crippen molar-refractivity contribution in [3.05, 3.63) is 53.8 Å². The van der Waals surface area contributed by atoms with Gasteiger partial charge in [-0.2, -0.15) is 0 Å². The molecule has 9 nitrogen and oxygen atoms in total. The molecule has 31 heavy (non-hydrogen) atoms. The third kappa shape index (κ3) is 5.30. The smallest absolute Gasteiger partial charge is 0.231 e. The van der Waals surface area contributed by atoms with Crippen LogP contribution in [0.5, 0.6) is 0 Å². The Kier molecular flexibility index (Phi) is 5.79. The van der Waals surface area contributed by atoms with Gasteiger partial charge in [0.25, 0.3) is 0 Å². The highest BCUT2D eigenvalue weighted by Crippen LogP contribution is 2.28. The van der Waals surface area contributed by atoms with Crippen LogP contribution in [-0.2, 0) is 26.2 Å². The molecule has 0 aliphatic carbocycles. The van der Waals surface area contributed by atoms with E-state index in [1.165, 1.54) is 11.3 Å². The lowest BCUT2D eigenvalue weighted by Gasteiger charge is -2.14. The van der Waals surface area contributed by atoms with Gasteiger partial charge in [-0.1, -0.05) is 12.1 Å². The normalized spacial score (nSPS) is 16.5. The van der Waals surface area contributed by atoms with Gasteiger partial charge < -0.3 is 14.6 Å². The maximum absolute atomic E-state index is 12.6. The average Bonchev–Trinajstić information content (AvgIpc) is 3.44. The number of aromatic nitrogens is 1. The molecule has 11 heteroatoms. The highest BCUT2D eigenvalue weighted by Gasteiger charge is 2.35. The molecule has 1 atom stereocenters. The molecular weight excluding hydrogens is 440 g/mol. The van der Waals surface area contributed by atoms with Gasteiger partial charge in [-0.3, -0.25) is 14.3 Å². The van der Waals surface area contributed by atoms with Gasteiger partial charge in [-0.25, -0.2) is 13.4 Å². The number of furan rings is 1. The third-order valence-electron chi connectivity index (χ3n) is 4.73. The van der Waals surface area contributed by atoms with E-state index >= 15 is 0 Å². The molecule has 0 radical (unpaired) electrons. The molecule has 1 aliphatic heterocycles. The molecule has 3 heterocycles. The lowest BCUT2D eigenvalue weighted by atomic mass is 10.1. The number of nitrogens with zero attached hydrogens (tertiary/aromatic N) is 2. The minimum Gasteiger partial charge on any atom is -0.467 e. The molecular formula is C20H20N4O5S2. The Morgan fingerprint density at radius 3 is 2.74 bits per heavy atom. The lowest BCUT2D eigenvalue weighted by molar-refractivity contribution is -0.128. The predicted octanol–water partition coefficient (Wildman–Crippen LogP) is 2.76. The molecule has 0 saturated carbocycles. The molecule has 1 unspecified atom stereocenters. The van der Waals surface area contributed by atoms with Crippen LogP contribution in [0.1, 0.15) is 12.2 Å². The molecule has 0 bridgehead atoms. The molecule has 2 amide bonds. The first-order valence-corrected chi connectivity index (χ1v) is 12.2. The standard InChI is InChI=1S/C20H20N4O5S2/c1-31(27,28)23-15-6-4-13(5-7-15)17-12-30-20(21-17)22-19(26)14-9-18(25)24(10-14)11-16-3-2-8-29-16/h2-8,12,14,23H,9-11H2,1H3,(H,21,22,26). The van der Waals surface area contributed by atoms with E-state index in [-0.39, 0.29) is 18.2 Å². The van der Waals surface area contributed by atoms with Crippen LogP contribution in [0.15, 0.2) is 52.5 Å². The Balaban J connectivity index is 1.36. The van der Waals surface area contributed by atoms with Crippen molar-refractivity contribution >= 4 is 44.0 Å². The number of carbonyl (C=O) groups is 2. The van der Waals surface area contributed by atoms with Gasteiger partial charge in [0.15, 0.2) is 5.13 Å². The van der Waals surface area contributed by atoms with Crippen molar-refractivity contribution in [3.8, 4) is 11.3 Å². The summed E-state index contributed by atoms with van der Waals surface area (Å²) in [6.45, 7) is 0.680. The number of hydrogen-bond donors (Lipinski definition) is 2. The van der Waals surface area contributed by atoms with Crippen molar-refractivity contribution in [2.24, 2.45) is 5.92 Å². The largest absolute Gasteiger partial charge is 0.467 e. The summed E-state index contributed by atoms with van der Waals surface area (Å²) < 4.78 is 30.3. The molecule has 1 fully saturated rings. The van der Waals surface area contributed by atoms with Crippen LogP contribution in [-0.4, -0.2) is 42.9 Å². The second-order valence-electron chi connectivity index (χ2n) is 7.23. The van der Waals surface area contributed by atoms with Crippen LogP contribution in [0.3, 0.4) is 0 Å². The first-order valence-electron chi connectivity index (χ1n) is 9.41. The highest BCUT2D eigenvalue weighted by molar-refractivity contribution is 7.92. The topological polar surface area (TPSA) is 122 Å². The maximum Gasteiger partial charge on any atom is 0.231 e. The van der Waals surface area contributed by atoms with Crippen molar-refractivity contribution < 1.29 is 22.4 Å². The van der Waals surface area contributed by atoms with E-state index in [9.17, 15) is 18.0 Å². The Labute approximate surface area is 183 Å². The van der Waals surface area contributed by atoms with Crippen molar-refractivity contribution in [1.29, 1.82) is 0 Å². The van der Waals surface area contributed by atoms with Crippen molar-refractivity contribution in [1.82, 2.24) is 9.88 Å². The average molecular weight is 461 g/mol. The van der Waals surface area contributed by atoms with Gasteiger partial charge >= 0.3 is 0 Å². The number of rotatable bonds is 7. The number of hydrogen-bond acceptors (Lipinski definition) is 7. The van der Waals surface area contributed by atoms with E-state index in [2.05, 4.69) is 15.0 Å². The van der Waals surface area contributed by atoms with Crippen LogP contribution in [0.2, 0.25) is 0 Å². The monoisotopic (exact) mass is 460 g/mol. The third-order valence-corrected chi connectivity index (χ3v) is 6.09. The molecule has 0 spiro atoms. The van der Waals surface area contributed by atoms with Crippen molar-refractivity contribution in [3.63, 3.8) is 0 Å². The molecule has 2 aromatic heterocycles. The lowest BCUT2D eigenvalue weighted by Crippen LogP contribution is -2.27. The van der Waals surface area contributed by atoms with Gasteiger partial charge in [0.05, 0.1) is 30.7 Å². The molecule has 2 N–H and O–H groups in total. The second-order valence-corrected chi connectivity index (χ2v) is 9.84. The van der Waals surface area contributed by atoms with Crippen molar-refractivity contribution in [2.45, 2.75) is 13.0 Å². The number of carbonyl (C=O) groups excluding carboxylic acids is 2. The van der Waals surface area contributed by atoms with E-state index in [0.29, 0.717) is 35.4 Å². The first-order chi connectivity index (χ1) is 14.8. The number of likely N-dealkylation sites (tertiary alicyclic amines) is 1. The molecule has 1 saturated heterocycles. The van der Waals surface area contributed by atoms with E-state index in [4.69, 9.17) is 4.42 Å². The Morgan fingerprint density at radius 1 is 1.29 bits per heavy atom. The van der Waals surface area contributed by atoms with Gasteiger partial charge in [0.1, 0.15) is 5.76 Å². The van der Waals surface area contributed by atoms with E-state index in [0.717, 1.165) is 11.8 Å². The second kappa shape index (κ2) is 8.52. The van der Waals surface area contributed by atoms with E-state index in [1.807, 2.05) is 0 Å². The SMILES string of the molecule is CS(=O)(=O)Nc1ccc(-c2csc(NC(=O)C3CC(=O)N(Cc4ccco4)C3)n2)cc1. The zero-order valence-corrected chi connectivity index (χ0v) is 18.2. The summed E-state index contributed by atoms with van der Waals surface area (Å²) in [6, 6.07) is 10.3. The number of amides is 2. The van der Waals surface area contributed by atoms with Crippen LogP contribution in [0.25, 0.3) is 11.3 Å². The van der Waals surface area contributed by atoms with Gasteiger partial charge in [-0.15, -0.1) is 11.3 Å². The van der Waals surface area contributed by atoms with Gasteiger partial charge in [-0.05, 0) is 24.3 Å². The number of anilines is 2. The minimum atomic E-state index is -3.34. The number of sulfonamides is 1. The molecule has 3 aromatic rings. The van der Waals surface area contributed by atoms with Gasteiger partial charge in [0, 0.05) is 29.6 Å². The maximum atomic E-state index is 12.6. The fourth-order valence-electron chi connectivity index (χ4n) is 3.29. The predicted molar refractivity (Wildman–Crippen MR) is 117 cm³/mol. The van der Waals surface area contributed by atoms with E-state index in [1.54, 1.807) is 52.9 Å².